The van der Waals surface area contributed by atoms with Crippen molar-refractivity contribution in [2.24, 2.45) is 5.92 Å². The Hall–Kier alpha value is -2.17. The summed E-state index contributed by atoms with van der Waals surface area (Å²) in [4.78, 5) is 19.5. The maximum absolute atomic E-state index is 13.1. The SMILES string of the molecule is O=C(NCc1cccc(F)c1)C1CCc2nc[nH]c2C1. The third kappa shape index (κ3) is 2.71. The lowest BCUT2D eigenvalue weighted by Gasteiger charge is -2.20. The third-order valence-electron chi connectivity index (χ3n) is 3.71. The molecule has 0 fully saturated rings. The molecular formula is C15H16FN3O. The number of hydrogen-bond donors (Lipinski definition) is 2. The minimum absolute atomic E-state index is 0.0227. The van der Waals surface area contributed by atoms with Crippen LogP contribution in [0.4, 0.5) is 4.39 Å². The van der Waals surface area contributed by atoms with E-state index in [2.05, 4.69) is 15.3 Å². The van der Waals surface area contributed by atoms with Gasteiger partial charge in [-0.2, -0.15) is 0 Å². The second-order valence-electron chi connectivity index (χ2n) is 5.12. The predicted molar refractivity (Wildman–Crippen MR) is 72.3 cm³/mol. The Balaban J connectivity index is 1.58. The first-order valence-corrected chi connectivity index (χ1v) is 6.75. The van der Waals surface area contributed by atoms with E-state index in [1.165, 1.54) is 12.1 Å². The molecule has 1 amide bonds. The minimum atomic E-state index is -0.281. The zero-order valence-corrected chi connectivity index (χ0v) is 11.0. The van der Waals surface area contributed by atoms with Gasteiger partial charge >= 0.3 is 0 Å². The highest BCUT2D eigenvalue weighted by molar-refractivity contribution is 5.79. The van der Waals surface area contributed by atoms with Crippen molar-refractivity contribution in [3.63, 3.8) is 0 Å². The number of amides is 1. The fourth-order valence-electron chi connectivity index (χ4n) is 2.61. The van der Waals surface area contributed by atoms with Crippen LogP contribution in [0.3, 0.4) is 0 Å². The summed E-state index contributed by atoms with van der Waals surface area (Å²) in [6.07, 6.45) is 4.02. The van der Waals surface area contributed by atoms with Gasteiger partial charge in [-0.25, -0.2) is 9.37 Å². The van der Waals surface area contributed by atoms with E-state index in [-0.39, 0.29) is 17.6 Å². The summed E-state index contributed by atoms with van der Waals surface area (Å²) in [6, 6.07) is 6.28. The third-order valence-corrected chi connectivity index (χ3v) is 3.71. The Morgan fingerprint density at radius 3 is 3.25 bits per heavy atom. The number of nitrogens with zero attached hydrogens (tertiary/aromatic N) is 1. The van der Waals surface area contributed by atoms with Crippen LogP contribution >= 0.6 is 0 Å². The molecule has 5 heteroatoms. The Bertz CT molecular complexity index is 623. The predicted octanol–water partition coefficient (Wildman–Crippen LogP) is 1.97. The van der Waals surface area contributed by atoms with E-state index >= 15 is 0 Å². The van der Waals surface area contributed by atoms with Gasteiger partial charge < -0.3 is 10.3 Å². The number of carbonyl (C=O) groups is 1. The number of hydrogen-bond acceptors (Lipinski definition) is 2. The van der Waals surface area contributed by atoms with E-state index in [0.717, 1.165) is 29.8 Å². The molecule has 1 heterocycles. The normalized spacial score (nSPS) is 17.6. The molecule has 2 N–H and O–H groups in total. The average molecular weight is 273 g/mol. The fourth-order valence-corrected chi connectivity index (χ4v) is 2.61. The minimum Gasteiger partial charge on any atom is -0.352 e. The first-order valence-electron chi connectivity index (χ1n) is 6.75. The molecule has 0 saturated heterocycles. The number of imidazole rings is 1. The number of halogens is 1. The van der Waals surface area contributed by atoms with Crippen LogP contribution in [-0.4, -0.2) is 15.9 Å². The topological polar surface area (TPSA) is 57.8 Å². The molecule has 1 aromatic carbocycles. The fraction of sp³-hybridized carbons (Fsp3) is 0.333. The highest BCUT2D eigenvalue weighted by Crippen LogP contribution is 2.22. The van der Waals surface area contributed by atoms with Crippen LogP contribution in [-0.2, 0) is 24.2 Å². The molecule has 0 saturated carbocycles. The van der Waals surface area contributed by atoms with E-state index < -0.39 is 0 Å². The molecule has 104 valence electrons. The maximum Gasteiger partial charge on any atom is 0.223 e. The molecular weight excluding hydrogens is 257 g/mol. The van der Waals surface area contributed by atoms with E-state index in [9.17, 15) is 9.18 Å². The van der Waals surface area contributed by atoms with Crippen molar-refractivity contribution in [1.29, 1.82) is 0 Å². The van der Waals surface area contributed by atoms with Crippen LogP contribution < -0.4 is 5.32 Å². The summed E-state index contributed by atoms with van der Waals surface area (Å²) >= 11 is 0. The van der Waals surface area contributed by atoms with Gasteiger partial charge in [0.15, 0.2) is 0 Å². The van der Waals surface area contributed by atoms with Crippen molar-refractivity contribution >= 4 is 5.91 Å². The van der Waals surface area contributed by atoms with Crippen molar-refractivity contribution in [3.8, 4) is 0 Å². The van der Waals surface area contributed by atoms with E-state index in [1.807, 2.05) is 0 Å². The Labute approximate surface area is 116 Å². The number of H-pyrrole nitrogens is 1. The van der Waals surface area contributed by atoms with Gasteiger partial charge in [0.1, 0.15) is 5.82 Å². The number of rotatable bonds is 3. The first-order chi connectivity index (χ1) is 9.72. The molecule has 3 rings (SSSR count). The monoisotopic (exact) mass is 273 g/mol. The molecule has 1 aromatic heterocycles. The number of fused-ring (bicyclic) bond motifs is 1. The summed E-state index contributed by atoms with van der Waals surface area (Å²) in [5.74, 6) is -0.289. The molecule has 2 aromatic rings. The number of nitrogens with one attached hydrogen (secondary N) is 2. The molecule has 20 heavy (non-hydrogen) atoms. The largest absolute Gasteiger partial charge is 0.352 e. The number of aromatic amines is 1. The lowest BCUT2D eigenvalue weighted by molar-refractivity contribution is -0.125. The molecule has 1 aliphatic carbocycles. The zero-order chi connectivity index (χ0) is 13.9. The van der Waals surface area contributed by atoms with Crippen LogP contribution in [0.1, 0.15) is 23.4 Å². The molecule has 1 unspecified atom stereocenters. The number of aromatic nitrogens is 2. The van der Waals surface area contributed by atoms with Gasteiger partial charge in [-0.15, -0.1) is 0 Å². The molecule has 0 radical (unpaired) electrons. The zero-order valence-electron chi connectivity index (χ0n) is 11.0. The molecule has 1 aliphatic rings. The molecule has 1 atom stereocenters. The van der Waals surface area contributed by atoms with Gasteiger partial charge in [0, 0.05) is 24.6 Å². The lowest BCUT2D eigenvalue weighted by atomic mass is 9.89. The average Bonchev–Trinajstić information content (AvgIpc) is 2.92. The highest BCUT2D eigenvalue weighted by atomic mass is 19.1. The summed E-state index contributed by atoms with van der Waals surface area (Å²) < 4.78 is 13.1. The van der Waals surface area contributed by atoms with Crippen LogP contribution in [0.5, 0.6) is 0 Å². The van der Waals surface area contributed by atoms with Crippen LogP contribution in [0, 0.1) is 11.7 Å². The van der Waals surface area contributed by atoms with Crippen LogP contribution in [0.15, 0.2) is 30.6 Å². The molecule has 0 spiro atoms. The quantitative estimate of drug-likeness (QED) is 0.898. The van der Waals surface area contributed by atoms with E-state index in [4.69, 9.17) is 0 Å². The standard InChI is InChI=1S/C15H16FN3O/c16-12-3-1-2-10(6-12)8-17-15(20)11-4-5-13-14(7-11)19-9-18-13/h1-3,6,9,11H,4-5,7-8H2,(H,17,20)(H,18,19). The second-order valence-corrected chi connectivity index (χ2v) is 5.12. The summed E-state index contributed by atoms with van der Waals surface area (Å²) in [5, 5.41) is 2.88. The van der Waals surface area contributed by atoms with Gasteiger partial charge in [0.05, 0.1) is 12.0 Å². The van der Waals surface area contributed by atoms with Crippen molar-refractivity contribution in [3.05, 3.63) is 53.4 Å². The van der Waals surface area contributed by atoms with Crippen molar-refractivity contribution in [2.45, 2.75) is 25.8 Å². The van der Waals surface area contributed by atoms with E-state index in [1.54, 1.807) is 18.5 Å². The lowest BCUT2D eigenvalue weighted by Crippen LogP contribution is -2.33. The second kappa shape index (κ2) is 5.45. The van der Waals surface area contributed by atoms with Crippen molar-refractivity contribution in [2.75, 3.05) is 0 Å². The first kappa shape index (κ1) is 12.8. The highest BCUT2D eigenvalue weighted by Gasteiger charge is 2.25. The molecule has 0 bridgehead atoms. The molecule has 4 nitrogen and oxygen atoms in total. The van der Waals surface area contributed by atoms with Crippen LogP contribution in [0.2, 0.25) is 0 Å². The smallest absolute Gasteiger partial charge is 0.223 e. The Kier molecular flexibility index (Phi) is 3.50. The maximum atomic E-state index is 13.1. The number of carbonyl (C=O) groups excluding carboxylic acids is 1. The van der Waals surface area contributed by atoms with Gasteiger partial charge in [-0.3, -0.25) is 4.79 Å². The van der Waals surface area contributed by atoms with Gasteiger partial charge in [-0.1, -0.05) is 12.1 Å². The summed E-state index contributed by atoms with van der Waals surface area (Å²) in [6.45, 7) is 0.364. The summed E-state index contributed by atoms with van der Waals surface area (Å²) in [7, 11) is 0. The van der Waals surface area contributed by atoms with Gasteiger partial charge in [0.25, 0.3) is 0 Å². The van der Waals surface area contributed by atoms with Gasteiger partial charge in [-0.05, 0) is 30.5 Å². The Morgan fingerprint density at radius 2 is 2.40 bits per heavy atom. The number of benzene rings is 1. The van der Waals surface area contributed by atoms with Crippen molar-refractivity contribution in [1.82, 2.24) is 15.3 Å². The van der Waals surface area contributed by atoms with Crippen molar-refractivity contribution < 1.29 is 9.18 Å². The van der Waals surface area contributed by atoms with Crippen LogP contribution in [0.25, 0.3) is 0 Å². The Morgan fingerprint density at radius 1 is 1.50 bits per heavy atom. The summed E-state index contributed by atoms with van der Waals surface area (Å²) in [5.41, 5.74) is 2.90. The van der Waals surface area contributed by atoms with E-state index in [0.29, 0.717) is 13.0 Å². The molecule has 0 aliphatic heterocycles. The number of aryl methyl sites for hydroxylation is 1. The van der Waals surface area contributed by atoms with Gasteiger partial charge in [0.2, 0.25) is 5.91 Å².